The van der Waals surface area contributed by atoms with Crippen LogP contribution in [0.1, 0.15) is 36.4 Å². The van der Waals surface area contributed by atoms with Crippen molar-refractivity contribution in [3.8, 4) is 5.75 Å². The second kappa shape index (κ2) is 7.91. The molecule has 1 unspecified atom stereocenters. The van der Waals surface area contributed by atoms with E-state index in [1.54, 1.807) is 12.1 Å². The van der Waals surface area contributed by atoms with Crippen LogP contribution in [0.5, 0.6) is 5.75 Å². The zero-order valence-electron chi connectivity index (χ0n) is 14.8. The molecular weight excluding hydrogens is 350 g/mol. The summed E-state index contributed by atoms with van der Waals surface area (Å²) in [6.45, 7) is 0.410. The molecule has 0 bridgehead atoms. The van der Waals surface area contributed by atoms with E-state index < -0.39 is 9.84 Å². The number of nitrogens with one attached hydrogen (secondary N) is 1. The lowest BCUT2D eigenvalue weighted by molar-refractivity contribution is -0.122. The second-order valence-corrected chi connectivity index (χ2v) is 8.57. The number of benzene rings is 2. The van der Waals surface area contributed by atoms with Crippen molar-refractivity contribution in [1.29, 1.82) is 0 Å². The molecule has 0 fully saturated rings. The summed E-state index contributed by atoms with van der Waals surface area (Å²) in [5, 5.41) is 3.10. The van der Waals surface area contributed by atoms with Gasteiger partial charge in [0, 0.05) is 12.7 Å². The predicted molar refractivity (Wildman–Crippen MR) is 99.9 cm³/mol. The lowest BCUT2D eigenvalue weighted by atomic mass is 10.1. The summed E-state index contributed by atoms with van der Waals surface area (Å²) in [5.41, 5.74) is 2.54. The van der Waals surface area contributed by atoms with Crippen molar-refractivity contribution in [2.24, 2.45) is 0 Å². The van der Waals surface area contributed by atoms with Gasteiger partial charge in [-0.15, -0.1) is 0 Å². The van der Waals surface area contributed by atoms with Gasteiger partial charge in [-0.05, 0) is 54.7 Å². The van der Waals surface area contributed by atoms with Crippen LogP contribution in [-0.4, -0.2) is 27.2 Å². The Morgan fingerprint density at radius 3 is 2.62 bits per heavy atom. The fraction of sp³-hybridized carbons (Fsp3) is 0.350. The number of carbonyl (C=O) groups is 1. The predicted octanol–water partition coefficient (Wildman–Crippen LogP) is 3.05. The quantitative estimate of drug-likeness (QED) is 0.757. The van der Waals surface area contributed by atoms with Gasteiger partial charge in [0.25, 0.3) is 0 Å². The molecule has 2 aromatic carbocycles. The monoisotopic (exact) mass is 373 g/mol. The third kappa shape index (κ3) is 4.64. The SMILES string of the molecule is CS(=O)(=O)c1ccc(OCCCC(=O)NC2CCc3ccccc32)cc1. The summed E-state index contributed by atoms with van der Waals surface area (Å²) in [5.74, 6) is 0.630. The van der Waals surface area contributed by atoms with E-state index in [1.165, 1.54) is 29.5 Å². The first-order valence-corrected chi connectivity index (χ1v) is 10.6. The average Bonchev–Trinajstić information content (AvgIpc) is 3.01. The molecule has 0 radical (unpaired) electrons. The summed E-state index contributed by atoms with van der Waals surface area (Å²) in [6, 6.07) is 14.7. The van der Waals surface area contributed by atoms with Gasteiger partial charge in [0.05, 0.1) is 17.5 Å². The number of sulfone groups is 1. The largest absolute Gasteiger partial charge is 0.494 e. The van der Waals surface area contributed by atoms with Crippen LogP contribution < -0.4 is 10.1 Å². The first-order valence-electron chi connectivity index (χ1n) is 8.73. The highest BCUT2D eigenvalue weighted by Gasteiger charge is 2.22. The van der Waals surface area contributed by atoms with Crippen molar-refractivity contribution >= 4 is 15.7 Å². The minimum absolute atomic E-state index is 0.0303. The van der Waals surface area contributed by atoms with E-state index in [2.05, 4.69) is 17.4 Å². The zero-order valence-corrected chi connectivity index (χ0v) is 15.6. The first-order chi connectivity index (χ1) is 12.4. The normalized spacial score (nSPS) is 16.1. The van der Waals surface area contributed by atoms with Crippen molar-refractivity contribution < 1.29 is 17.9 Å². The van der Waals surface area contributed by atoms with Crippen molar-refractivity contribution in [2.75, 3.05) is 12.9 Å². The molecule has 0 aliphatic heterocycles. The number of amides is 1. The fourth-order valence-corrected chi connectivity index (χ4v) is 3.81. The molecule has 138 valence electrons. The highest BCUT2D eigenvalue weighted by molar-refractivity contribution is 7.90. The number of rotatable bonds is 7. The molecule has 5 nitrogen and oxygen atoms in total. The Morgan fingerprint density at radius 1 is 1.15 bits per heavy atom. The van der Waals surface area contributed by atoms with Crippen molar-refractivity contribution in [2.45, 2.75) is 36.6 Å². The van der Waals surface area contributed by atoms with Gasteiger partial charge in [-0.3, -0.25) is 4.79 Å². The number of hydrogen-bond acceptors (Lipinski definition) is 4. The molecule has 6 heteroatoms. The van der Waals surface area contributed by atoms with E-state index in [0.717, 1.165) is 12.8 Å². The molecule has 0 saturated carbocycles. The maximum atomic E-state index is 12.1. The maximum absolute atomic E-state index is 12.1. The van der Waals surface area contributed by atoms with Gasteiger partial charge in [0.15, 0.2) is 9.84 Å². The van der Waals surface area contributed by atoms with E-state index in [4.69, 9.17) is 4.74 Å². The molecule has 0 heterocycles. The number of ether oxygens (including phenoxy) is 1. The van der Waals surface area contributed by atoms with Crippen molar-refractivity contribution in [1.82, 2.24) is 5.32 Å². The van der Waals surface area contributed by atoms with Crippen LogP contribution in [0.2, 0.25) is 0 Å². The maximum Gasteiger partial charge on any atom is 0.220 e. The Kier molecular flexibility index (Phi) is 5.61. The van der Waals surface area contributed by atoms with Gasteiger partial charge in [-0.2, -0.15) is 0 Å². The van der Waals surface area contributed by atoms with Crippen LogP contribution in [0, 0.1) is 0 Å². The summed E-state index contributed by atoms with van der Waals surface area (Å²) in [6.07, 6.45) is 4.14. The van der Waals surface area contributed by atoms with Crippen LogP contribution in [0.4, 0.5) is 0 Å². The Morgan fingerprint density at radius 2 is 1.88 bits per heavy atom. The Bertz CT molecular complexity index is 875. The summed E-state index contributed by atoms with van der Waals surface area (Å²) in [4.78, 5) is 12.4. The van der Waals surface area contributed by atoms with Crippen LogP contribution in [-0.2, 0) is 21.1 Å². The fourth-order valence-electron chi connectivity index (χ4n) is 3.18. The first kappa shape index (κ1) is 18.5. The van der Waals surface area contributed by atoms with Gasteiger partial charge in [-0.1, -0.05) is 24.3 Å². The lowest BCUT2D eigenvalue weighted by Crippen LogP contribution is -2.27. The minimum atomic E-state index is -3.20. The summed E-state index contributed by atoms with van der Waals surface area (Å²) < 4.78 is 28.4. The van der Waals surface area contributed by atoms with Crippen molar-refractivity contribution in [3.63, 3.8) is 0 Å². The van der Waals surface area contributed by atoms with Crippen molar-refractivity contribution in [3.05, 3.63) is 59.7 Å². The van der Waals surface area contributed by atoms with Crippen LogP contribution in [0.3, 0.4) is 0 Å². The van der Waals surface area contributed by atoms with E-state index in [-0.39, 0.29) is 16.8 Å². The van der Waals surface area contributed by atoms with E-state index in [1.807, 2.05) is 12.1 Å². The molecule has 1 amide bonds. The van der Waals surface area contributed by atoms with Gasteiger partial charge in [-0.25, -0.2) is 8.42 Å². The third-order valence-corrected chi connectivity index (χ3v) is 5.67. The number of fused-ring (bicyclic) bond motifs is 1. The van der Waals surface area contributed by atoms with Crippen LogP contribution in [0.15, 0.2) is 53.4 Å². The van der Waals surface area contributed by atoms with E-state index in [9.17, 15) is 13.2 Å². The van der Waals surface area contributed by atoms with Crippen LogP contribution >= 0.6 is 0 Å². The van der Waals surface area contributed by atoms with Gasteiger partial charge in [0.2, 0.25) is 5.91 Å². The molecule has 0 aromatic heterocycles. The van der Waals surface area contributed by atoms with Crippen LogP contribution in [0.25, 0.3) is 0 Å². The average molecular weight is 373 g/mol. The number of aryl methyl sites for hydroxylation is 1. The zero-order chi connectivity index (χ0) is 18.6. The van der Waals surface area contributed by atoms with Gasteiger partial charge in [0.1, 0.15) is 5.75 Å². The molecule has 1 aliphatic rings. The molecule has 2 aromatic rings. The highest BCUT2D eigenvalue weighted by Crippen LogP contribution is 2.30. The highest BCUT2D eigenvalue weighted by atomic mass is 32.2. The van der Waals surface area contributed by atoms with Gasteiger partial charge < -0.3 is 10.1 Å². The smallest absolute Gasteiger partial charge is 0.220 e. The number of carbonyl (C=O) groups excluding carboxylic acids is 1. The lowest BCUT2D eigenvalue weighted by Gasteiger charge is -2.14. The topological polar surface area (TPSA) is 72.5 Å². The minimum Gasteiger partial charge on any atom is -0.494 e. The Hall–Kier alpha value is -2.34. The molecule has 0 saturated heterocycles. The van der Waals surface area contributed by atoms with E-state index >= 15 is 0 Å². The summed E-state index contributed by atoms with van der Waals surface area (Å²) in [7, 11) is -3.20. The van der Waals surface area contributed by atoms with E-state index in [0.29, 0.717) is 25.2 Å². The summed E-state index contributed by atoms with van der Waals surface area (Å²) >= 11 is 0. The Balaban J connectivity index is 1.41. The molecule has 0 spiro atoms. The number of hydrogen-bond donors (Lipinski definition) is 1. The molecule has 26 heavy (non-hydrogen) atoms. The third-order valence-electron chi connectivity index (χ3n) is 4.54. The Labute approximate surface area is 154 Å². The standard InChI is InChI=1S/C20H23NO4S/c1-26(23,24)17-11-9-16(10-12-17)25-14-4-7-20(22)21-19-13-8-15-5-2-3-6-18(15)19/h2-3,5-6,9-12,19H,4,7-8,13-14H2,1H3,(H,21,22). The second-order valence-electron chi connectivity index (χ2n) is 6.55. The molecular formula is C20H23NO4S. The van der Waals surface area contributed by atoms with Gasteiger partial charge >= 0.3 is 0 Å². The molecule has 1 N–H and O–H groups in total. The molecule has 3 rings (SSSR count). The molecule has 1 atom stereocenters. The molecule has 1 aliphatic carbocycles.